The topological polar surface area (TPSA) is 54.9 Å². The van der Waals surface area contributed by atoms with Gasteiger partial charge in [-0.2, -0.15) is 0 Å². The molecule has 28 heavy (non-hydrogen) atoms. The Hall–Kier alpha value is -1.92. The number of para-hydroxylation sites is 1. The molecule has 1 aromatic carbocycles. The number of hydrogen-bond donors (Lipinski definition) is 1. The highest BCUT2D eigenvalue weighted by atomic mass is 32.2. The van der Waals surface area contributed by atoms with Crippen molar-refractivity contribution in [1.82, 2.24) is 9.97 Å². The number of nitrogens with zero attached hydrogens (tertiary/aromatic N) is 2. The number of carbonyl (C=O) groups excluding carboxylic acids is 1. The molecule has 6 heteroatoms. The Bertz CT molecular complexity index is 1060. The standard InChI is InChI=1S/C22H23N3OS2/c1-13-6-2-4-8-16(13)23-18(26)12-27-21-19-15-7-3-5-9-17(15)28-22(19)25-20(24-21)14-10-11-14/h2,4,6,8,14H,3,5,7,9-12H2,1H3,(H,23,26). The number of amides is 1. The number of thiophene rings is 1. The van der Waals surface area contributed by atoms with E-state index in [0.29, 0.717) is 11.7 Å². The fraction of sp³-hybridized carbons (Fsp3) is 0.409. The van der Waals surface area contributed by atoms with Crippen LogP contribution in [0.2, 0.25) is 0 Å². The van der Waals surface area contributed by atoms with E-state index in [4.69, 9.17) is 9.97 Å². The smallest absolute Gasteiger partial charge is 0.234 e. The van der Waals surface area contributed by atoms with E-state index in [1.165, 1.54) is 41.5 Å². The first-order valence-corrected chi connectivity index (χ1v) is 11.8. The van der Waals surface area contributed by atoms with Crippen molar-refractivity contribution in [2.75, 3.05) is 11.1 Å². The first kappa shape index (κ1) is 18.1. The molecule has 2 heterocycles. The highest BCUT2D eigenvalue weighted by Gasteiger charge is 2.29. The lowest BCUT2D eigenvalue weighted by Gasteiger charge is -2.12. The molecular weight excluding hydrogens is 386 g/mol. The first-order chi connectivity index (χ1) is 13.7. The summed E-state index contributed by atoms with van der Waals surface area (Å²) < 4.78 is 0. The first-order valence-electron chi connectivity index (χ1n) is 9.99. The van der Waals surface area contributed by atoms with Gasteiger partial charge in [-0.05, 0) is 62.6 Å². The van der Waals surface area contributed by atoms with Crippen molar-refractivity contribution in [2.45, 2.75) is 56.4 Å². The fourth-order valence-corrected chi connectivity index (χ4v) is 6.00. The van der Waals surface area contributed by atoms with Crippen molar-refractivity contribution in [3.05, 3.63) is 46.1 Å². The summed E-state index contributed by atoms with van der Waals surface area (Å²) in [7, 11) is 0. The van der Waals surface area contributed by atoms with Crippen LogP contribution in [0.4, 0.5) is 5.69 Å². The maximum atomic E-state index is 12.6. The molecule has 144 valence electrons. The third kappa shape index (κ3) is 3.55. The van der Waals surface area contributed by atoms with Gasteiger partial charge in [-0.3, -0.25) is 4.79 Å². The van der Waals surface area contributed by atoms with Crippen LogP contribution in [0.1, 0.15) is 53.4 Å². The number of hydrogen-bond acceptors (Lipinski definition) is 5. The van der Waals surface area contributed by atoms with Gasteiger partial charge >= 0.3 is 0 Å². The molecule has 2 aromatic heterocycles. The molecule has 1 amide bonds. The molecule has 0 atom stereocenters. The molecule has 0 bridgehead atoms. The molecule has 0 spiro atoms. The molecule has 1 fully saturated rings. The summed E-state index contributed by atoms with van der Waals surface area (Å²) in [5.74, 6) is 1.88. The van der Waals surface area contributed by atoms with E-state index in [2.05, 4.69) is 5.32 Å². The van der Waals surface area contributed by atoms with Crippen LogP contribution in [-0.4, -0.2) is 21.6 Å². The lowest BCUT2D eigenvalue weighted by molar-refractivity contribution is -0.113. The van der Waals surface area contributed by atoms with Crippen LogP contribution in [0, 0.1) is 6.92 Å². The van der Waals surface area contributed by atoms with Crippen LogP contribution in [0.15, 0.2) is 29.3 Å². The van der Waals surface area contributed by atoms with Gasteiger partial charge in [0.1, 0.15) is 15.7 Å². The highest BCUT2D eigenvalue weighted by molar-refractivity contribution is 8.00. The molecule has 4 nitrogen and oxygen atoms in total. The highest BCUT2D eigenvalue weighted by Crippen LogP contribution is 2.44. The second-order valence-corrected chi connectivity index (χ2v) is 9.75. The minimum absolute atomic E-state index is 0.0168. The van der Waals surface area contributed by atoms with Crippen molar-refractivity contribution in [2.24, 2.45) is 0 Å². The molecule has 5 rings (SSSR count). The predicted octanol–water partition coefficient (Wildman–Crippen LogP) is 5.49. The Kier molecular flexibility index (Phi) is 4.85. The van der Waals surface area contributed by atoms with Gasteiger partial charge in [-0.25, -0.2) is 9.97 Å². The quantitative estimate of drug-likeness (QED) is 0.447. The van der Waals surface area contributed by atoms with Gasteiger partial charge in [0.2, 0.25) is 5.91 Å². The summed E-state index contributed by atoms with van der Waals surface area (Å²) >= 11 is 3.41. The third-order valence-corrected chi connectivity index (χ3v) is 7.66. The van der Waals surface area contributed by atoms with Crippen LogP contribution in [0.3, 0.4) is 0 Å². The zero-order valence-corrected chi connectivity index (χ0v) is 17.6. The molecule has 3 aromatic rings. The number of aromatic nitrogens is 2. The summed E-state index contributed by atoms with van der Waals surface area (Å²) in [5, 5.41) is 5.26. The van der Waals surface area contributed by atoms with Gasteiger partial charge in [0.25, 0.3) is 0 Å². The molecule has 0 radical (unpaired) electrons. The average Bonchev–Trinajstić information content (AvgIpc) is 3.48. The van der Waals surface area contributed by atoms with E-state index in [1.807, 2.05) is 42.5 Å². The fourth-order valence-electron chi connectivity index (χ4n) is 3.80. The Morgan fingerprint density at radius 2 is 2.04 bits per heavy atom. The van der Waals surface area contributed by atoms with E-state index in [9.17, 15) is 4.79 Å². The van der Waals surface area contributed by atoms with E-state index < -0.39 is 0 Å². The van der Waals surface area contributed by atoms with Gasteiger partial charge in [-0.15, -0.1) is 11.3 Å². The number of anilines is 1. The average molecular weight is 410 g/mol. The summed E-state index contributed by atoms with van der Waals surface area (Å²) in [6.07, 6.45) is 7.16. The maximum absolute atomic E-state index is 12.6. The van der Waals surface area contributed by atoms with Crippen LogP contribution in [0.25, 0.3) is 10.2 Å². The zero-order chi connectivity index (χ0) is 19.1. The molecule has 1 N–H and O–H groups in total. The second kappa shape index (κ2) is 7.48. The Labute approximate surface area is 173 Å². The van der Waals surface area contributed by atoms with Crippen LogP contribution < -0.4 is 5.32 Å². The lowest BCUT2D eigenvalue weighted by Crippen LogP contribution is -2.15. The van der Waals surface area contributed by atoms with Crippen LogP contribution in [-0.2, 0) is 17.6 Å². The monoisotopic (exact) mass is 409 g/mol. The number of carbonyl (C=O) groups is 1. The summed E-state index contributed by atoms with van der Waals surface area (Å²) in [5.41, 5.74) is 3.40. The van der Waals surface area contributed by atoms with Gasteiger partial charge in [0.15, 0.2) is 0 Å². The summed E-state index contributed by atoms with van der Waals surface area (Å²) in [6, 6.07) is 7.89. The molecular formula is C22H23N3OS2. The summed E-state index contributed by atoms with van der Waals surface area (Å²) in [4.78, 5) is 25.0. The lowest BCUT2D eigenvalue weighted by atomic mass is 9.97. The number of aryl methyl sites for hydroxylation is 3. The number of benzene rings is 1. The Balaban J connectivity index is 1.42. The molecule has 2 aliphatic rings. The molecule has 0 saturated heterocycles. The minimum Gasteiger partial charge on any atom is -0.325 e. The van der Waals surface area contributed by atoms with Gasteiger partial charge in [-0.1, -0.05) is 30.0 Å². The predicted molar refractivity (Wildman–Crippen MR) is 117 cm³/mol. The van der Waals surface area contributed by atoms with Crippen molar-refractivity contribution < 1.29 is 4.79 Å². The van der Waals surface area contributed by atoms with Crippen molar-refractivity contribution in [1.29, 1.82) is 0 Å². The summed E-state index contributed by atoms with van der Waals surface area (Å²) in [6.45, 7) is 2.01. The Morgan fingerprint density at radius 3 is 2.86 bits per heavy atom. The van der Waals surface area contributed by atoms with Gasteiger partial charge in [0, 0.05) is 21.9 Å². The number of nitrogens with one attached hydrogen (secondary N) is 1. The van der Waals surface area contributed by atoms with E-state index in [-0.39, 0.29) is 5.91 Å². The molecule has 2 aliphatic carbocycles. The molecule has 0 unspecified atom stereocenters. The van der Waals surface area contributed by atoms with Crippen molar-refractivity contribution >= 4 is 44.9 Å². The normalized spacial score (nSPS) is 16.2. The second-order valence-electron chi connectivity index (χ2n) is 7.70. The Morgan fingerprint density at radius 1 is 1.21 bits per heavy atom. The number of thioether (sulfide) groups is 1. The zero-order valence-electron chi connectivity index (χ0n) is 16.0. The van der Waals surface area contributed by atoms with Crippen molar-refractivity contribution in [3.63, 3.8) is 0 Å². The van der Waals surface area contributed by atoms with E-state index >= 15 is 0 Å². The number of fused-ring (bicyclic) bond motifs is 3. The third-order valence-electron chi connectivity index (χ3n) is 5.50. The molecule has 1 saturated carbocycles. The SMILES string of the molecule is Cc1ccccc1NC(=O)CSc1nc(C2CC2)nc2sc3c(c12)CCCC3. The largest absolute Gasteiger partial charge is 0.325 e. The van der Waals surface area contributed by atoms with Gasteiger partial charge < -0.3 is 5.32 Å². The minimum atomic E-state index is 0.0168. The van der Waals surface area contributed by atoms with Crippen LogP contribution in [0.5, 0.6) is 0 Å². The molecule has 0 aliphatic heterocycles. The van der Waals surface area contributed by atoms with Gasteiger partial charge in [0.05, 0.1) is 5.75 Å². The van der Waals surface area contributed by atoms with E-state index in [0.717, 1.165) is 39.8 Å². The van der Waals surface area contributed by atoms with Crippen LogP contribution >= 0.6 is 23.1 Å². The number of rotatable bonds is 5. The van der Waals surface area contributed by atoms with E-state index in [1.54, 1.807) is 11.8 Å². The maximum Gasteiger partial charge on any atom is 0.234 e. The van der Waals surface area contributed by atoms with Crippen molar-refractivity contribution in [3.8, 4) is 0 Å².